The fourth-order valence-electron chi connectivity index (χ4n) is 1.49. The minimum Gasteiger partial charge on any atom is -0.392 e. The van der Waals surface area contributed by atoms with Gasteiger partial charge in [-0.1, -0.05) is 11.2 Å². The van der Waals surface area contributed by atoms with Crippen LogP contribution in [0.15, 0.2) is 28.9 Å². The molecule has 1 unspecified atom stereocenters. The van der Waals surface area contributed by atoms with Crippen molar-refractivity contribution in [2.24, 2.45) is 0 Å². The predicted molar refractivity (Wildman–Crippen MR) is 61.3 cm³/mol. The quantitative estimate of drug-likeness (QED) is 0.838. The Balaban J connectivity index is 1.96. The van der Waals surface area contributed by atoms with Crippen molar-refractivity contribution in [1.29, 1.82) is 5.26 Å². The van der Waals surface area contributed by atoms with E-state index in [1.807, 2.05) is 24.3 Å². The lowest BCUT2D eigenvalue weighted by Crippen LogP contribution is -2.09. The van der Waals surface area contributed by atoms with Crippen molar-refractivity contribution in [1.82, 2.24) is 15.1 Å². The Morgan fingerprint density at radius 1 is 1.44 bits per heavy atom. The molecule has 0 aliphatic carbocycles. The van der Waals surface area contributed by atoms with Crippen LogP contribution in [0.2, 0.25) is 0 Å². The number of aromatic nitrogens is 3. The number of hydrogen-bond acceptors (Lipinski definition) is 6. The molecular formula is C12H12N4O2. The first-order chi connectivity index (χ1) is 8.78. The molecule has 0 radical (unpaired) electrons. The van der Waals surface area contributed by atoms with Crippen LogP contribution in [0.5, 0.6) is 0 Å². The summed E-state index contributed by atoms with van der Waals surface area (Å²) in [5.74, 6) is 0.858. The molecule has 0 aromatic carbocycles. The highest BCUT2D eigenvalue weighted by Gasteiger charge is 2.12. The Hall–Kier alpha value is -2.26. The van der Waals surface area contributed by atoms with Gasteiger partial charge in [0, 0.05) is 11.9 Å². The summed E-state index contributed by atoms with van der Waals surface area (Å²) in [6.07, 6.45) is 1.67. The number of aliphatic hydroxyl groups is 1. The largest absolute Gasteiger partial charge is 0.392 e. The van der Waals surface area contributed by atoms with Crippen LogP contribution in [0.3, 0.4) is 0 Å². The molecule has 1 atom stereocenters. The van der Waals surface area contributed by atoms with E-state index in [4.69, 9.17) is 9.78 Å². The van der Waals surface area contributed by atoms with Gasteiger partial charge in [-0.15, -0.1) is 0 Å². The summed E-state index contributed by atoms with van der Waals surface area (Å²) in [6.45, 7) is 0. The molecular weight excluding hydrogens is 232 g/mol. The first-order valence-electron chi connectivity index (χ1n) is 5.54. The zero-order chi connectivity index (χ0) is 12.8. The third kappa shape index (κ3) is 3.37. The summed E-state index contributed by atoms with van der Waals surface area (Å²) in [5, 5.41) is 21.7. The highest BCUT2D eigenvalue weighted by atomic mass is 16.5. The molecule has 6 heteroatoms. The first kappa shape index (κ1) is 12.2. The minimum absolute atomic E-state index is 0.0535. The SMILES string of the molecule is N#CCC(O)Cc1nc(Cc2ccccn2)no1. The zero-order valence-corrected chi connectivity index (χ0v) is 9.65. The van der Waals surface area contributed by atoms with Crippen molar-refractivity contribution in [3.8, 4) is 6.07 Å². The maximum Gasteiger partial charge on any atom is 0.229 e. The Labute approximate surface area is 104 Å². The highest BCUT2D eigenvalue weighted by Crippen LogP contribution is 2.07. The van der Waals surface area contributed by atoms with Crippen LogP contribution in [0.4, 0.5) is 0 Å². The van der Waals surface area contributed by atoms with Crippen LogP contribution in [0, 0.1) is 11.3 Å². The van der Waals surface area contributed by atoms with Crippen LogP contribution >= 0.6 is 0 Å². The summed E-state index contributed by atoms with van der Waals surface area (Å²) in [4.78, 5) is 8.30. The zero-order valence-electron chi connectivity index (χ0n) is 9.65. The fourth-order valence-corrected chi connectivity index (χ4v) is 1.49. The number of nitriles is 1. The number of pyridine rings is 1. The Bertz CT molecular complexity index is 533. The molecule has 0 aliphatic heterocycles. The van der Waals surface area contributed by atoms with Gasteiger partial charge < -0.3 is 9.63 Å². The molecule has 18 heavy (non-hydrogen) atoms. The number of hydrogen-bond donors (Lipinski definition) is 1. The Kier molecular flexibility index (Phi) is 3.99. The molecule has 0 fully saturated rings. The second-order valence-electron chi connectivity index (χ2n) is 3.82. The first-order valence-corrected chi connectivity index (χ1v) is 5.54. The fraction of sp³-hybridized carbons (Fsp3) is 0.333. The third-order valence-corrected chi connectivity index (χ3v) is 2.31. The number of rotatable bonds is 5. The standard InChI is InChI=1S/C12H12N4O2/c13-5-4-10(17)8-12-15-11(16-18-12)7-9-3-1-2-6-14-9/h1-3,6,10,17H,4,7-8H2. The molecule has 6 nitrogen and oxygen atoms in total. The van der Waals surface area contributed by atoms with E-state index in [9.17, 15) is 5.11 Å². The molecule has 0 amide bonds. The van der Waals surface area contributed by atoms with Crippen LogP contribution in [-0.4, -0.2) is 26.3 Å². The summed E-state index contributed by atoms with van der Waals surface area (Å²) in [6, 6.07) is 7.49. The molecule has 1 N–H and O–H groups in total. The van der Waals surface area contributed by atoms with Gasteiger partial charge in [-0.3, -0.25) is 4.98 Å². The van der Waals surface area contributed by atoms with E-state index in [0.29, 0.717) is 18.1 Å². The molecule has 0 aliphatic rings. The van der Waals surface area contributed by atoms with Gasteiger partial charge in [-0.05, 0) is 12.1 Å². The molecule has 2 heterocycles. The van der Waals surface area contributed by atoms with Crippen molar-refractivity contribution < 1.29 is 9.63 Å². The second-order valence-corrected chi connectivity index (χ2v) is 3.82. The van der Waals surface area contributed by atoms with Crippen LogP contribution in [0.25, 0.3) is 0 Å². The van der Waals surface area contributed by atoms with Crippen molar-refractivity contribution in [2.45, 2.75) is 25.4 Å². The maximum atomic E-state index is 9.44. The van der Waals surface area contributed by atoms with Crippen LogP contribution < -0.4 is 0 Å². The van der Waals surface area contributed by atoms with Gasteiger partial charge in [0.05, 0.1) is 31.4 Å². The van der Waals surface area contributed by atoms with E-state index in [0.717, 1.165) is 5.69 Å². The van der Waals surface area contributed by atoms with Gasteiger partial charge in [-0.25, -0.2) is 0 Å². The van der Waals surface area contributed by atoms with E-state index in [2.05, 4.69) is 15.1 Å². The molecule has 0 bridgehead atoms. The highest BCUT2D eigenvalue weighted by molar-refractivity contribution is 5.09. The van der Waals surface area contributed by atoms with Crippen molar-refractivity contribution in [3.05, 3.63) is 41.8 Å². The van der Waals surface area contributed by atoms with Gasteiger partial charge >= 0.3 is 0 Å². The van der Waals surface area contributed by atoms with Gasteiger partial charge in [0.2, 0.25) is 5.89 Å². The molecule has 2 aromatic rings. The van der Waals surface area contributed by atoms with E-state index in [1.165, 1.54) is 0 Å². The van der Waals surface area contributed by atoms with Gasteiger partial charge in [0.15, 0.2) is 5.82 Å². The molecule has 2 rings (SSSR count). The summed E-state index contributed by atoms with van der Waals surface area (Å²) >= 11 is 0. The maximum absolute atomic E-state index is 9.44. The molecule has 92 valence electrons. The smallest absolute Gasteiger partial charge is 0.229 e. The van der Waals surface area contributed by atoms with E-state index in [1.54, 1.807) is 6.20 Å². The third-order valence-electron chi connectivity index (χ3n) is 2.31. The molecule has 2 aromatic heterocycles. The van der Waals surface area contributed by atoms with E-state index < -0.39 is 6.10 Å². The molecule has 0 saturated heterocycles. The monoisotopic (exact) mass is 244 g/mol. The number of aliphatic hydroxyl groups excluding tert-OH is 1. The number of nitrogens with zero attached hydrogens (tertiary/aromatic N) is 4. The van der Waals surface area contributed by atoms with Gasteiger partial charge in [-0.2, -0.15) is 10.2 Å². The van der Waals surface area contributed by atoms with Gasteiger partial charge in [0.1, 0.15) is 0 Å². The minimum atomic E-state index is -0.766. The average Bonchev–Trinajstić information content (AvgIpc) is 2.78. The Morgan fingerprint density at radius 3 is 3.06 bits per heavy atom. The second kappa shape index (κ2) is 5.89. The van der Waals surface area contributed by atoms with E-state index >= 15 is 0 Å². The van der Waals surface area contributed by atoms with Crippen molar-refractivity contribution >= 4 is 0 Å². The van der Waals surface area contributed by atoms with Gasteiger partial charge in [0.25, 0.3) is 0 Å². The summed E-state index contributed by atoms with van der Waals surface area (Å²) < 4.78 is 5.00. The lowest BCUT2D eigenvalue weighted by molar-refractivity contribution is 0.167. The normalized spacial score (nSPS) is 12.0. The Morgan fingerprint density at radius 2 is 2.33 bits per heavy atom. The molecule has 0 saturated carbocycles. The lowest BCUT2D eigenvalue weighted by Gasteiger charge is -1.99. The predicted octanol–water partition coefficient (Wildman–Crippen LogP) is 0.872. The lowest BCUT2D eigenvalue weighted by atomic mass is 10.2. The van der Waals surface area contributed by atoms with Crippen molar-refractivity contribution in [2.75, 3.05) is 0 Å². The van der Waals surface area contributed by atoms with Crippen molar-refractivity contribution in [3.63, 3.8) is 0 Å². The molecule has 0 spiro atoms. The summed E-state index contributed by atoms with van der Waals surface area (Å²) in [7, 11) is 0. The summed E-state index contributed by atoms with van der Waals surface area (Å²) in [5.41, 5.74) is 0.849. The topological polar surface area (TPSA) is 95.8 Å². The van der Waals surface area contributed by atoms with Crippen LogP contribution in [0.1, 0.15) is 23.8 Å². The van der Waals surface area contributed by atoms with Crippen LogP contribution in [-0.2, 0) is 12.8 Å². The van der Waals surface area contributed by atoms with E-state index in [-0.39, 0.29) is 12.8 Å². The average molecular weight is 244 g/mol.